The molecule has 1 aliphatic carbocycles. The van der Waals surface area contributed by atoms with Crippen LogP contribution in [0, 0.1) is 12.8 Å². The Hall–Kier alpha value is -0.370. The summed E-state index contributed by atoms with van der Waals surface area (Å²) in [6.45, 7) is 4.46. The molecule has 0 aromatic carbocycles. The molecule has 2 heteroatoms. The first kappa shape index (κ1) is 9.20. The Labute approximate surface area is 84.2 Å². The number of rotatable bonds is 1. The molecular weight excluding hydrogens is 178 g/mol. The fourth-order valence-electron chi connectivity index (χ4n) is 2.12. The van der Waals surface area contributed by atoms with E-state index in [1.165, 1.54) is 36.4 Å². The van der Waals surface area contributed by atoms with Crippen LogP contribution in [0.5, 0.6) is 0 Å². The maximum Gasteiger partial charge on any atom is 0.0897 e. The molecule has 1 saturated carbocycles. The Bertz CT molecular complexity index is 271. The van der Waals surface area contributed by atoms with Crippen LogP contribution in [-0.2, 0) is 0 Å². The molecule has 0 amide bonds. The van der Waals surface area contributed by atoms with E-state index in [1.807, 2.05) is 0 Å². The van der Waals surface area contributed by atoms with Crippen molar-refractivity contribution in [3.05, 3.63) is 16.1 Å². The topological polar surface area (TPSA) is 12.9 Å². The number of aryl methyl sites for hydroxylation is 1. The molecular formula is C11H17NS. The zero-order chi connectivity index (χ0) is 9.26. The van der Waals surface area contributed by atoms with Crippen LogP contribution in [0.4, 0.5) is 0 Å². The van der Waals surface area contributed by atoms with Gasteiger partial charge in [0, 0.05) is 11.3 Å². The van der Waals surface area contributed by atoms with Crippen molar-refractivity contribution in [2.45, 2.75) is 45.4 Å². The van der Waals surface area contributed by atoms with Crippen molar-refractivity contribution in [3.63, 3.8) is 0 Å². The van der Waals surface area contributed by atoms with Gasteiger partial charge < -0.3 is 0 Å². The predicted molar refractivity (Wildman–Crippen MR) is 57.2 cm³/mol. The molecule has 1 nitrogen and oxygen atoms in total. The Kier molecular flexibility index (Phi) is 2.68. The zero-order valence-corrected chi connectivity index (χ0v) is 9.23. The van der Waals surface area contributed by atoms with Gasteiger partial charge in [-0.1, -0.05) is 19.8 Å². The van der Waals surface area contributed by atoms with Crippen LogP contribution in [0.3, 0.4) is 0 Å². The Balaban J connectivity index is 2.02. The van der Waals surface area contributed by atoms with E-state index >= 15 is 0 Å². The minimum Gasteiger partial charge on any atom is -0.246 e. The molecule has 1 aromatic heterocycles. The molecule has 0 radical (unpaired) electrons. The molecule has 0 spiro atoms. The van der Waals surface area contributed by atoms with E-state index in [0.717, 1.165) is 11.8 Å². The van der Waals surface area contributed by atoms with Gasteiger partial charge in [-0.3, -0.25) is 0 Å². The highest BCUT2D eigenvalue weighted by Crippen LogP contribution is 2.35. The SMILES string of the molecule is Cc1nc([C@H]2CC[C@@H](C)CC2)cs1. The molecule has 0 bridgehead atoms. The summed E-state index contributed by atoms with van der Waals surface area (Å²) in [4.78, 5) is 4.58. The van der Waals surface area contributed by atoms with Crippen LogP contribution in [0.15, 0.2) is 5.38 Å². The minimum absolute atomic E-state index is 0.765. The Morgan fingerprint density at radius 2 is 2.00 bits per heavy atom. The van der Waals surface area contributed by atoms with Crippen LogP contribution < -0.4 is 0 Å². The van der Waals surface area contributed by atoms with Crippen molar-refractivity contribution in [2.24, 2.45) is 5.92 Å². The van der Waals surface area contributed by atoms with Crippen molar-refractivity contribution in [1.82, 2.24) is 4.98 Å². The highest BCUT2D eigenvalue weighted by atomic mass is 32.1. The van der Waals surface area contributed by atoms with Crippen LogP contribution in [0.25, 0.3) is 0 Å². The van der Waals surface area contributed by atoms with E-state index < -0.39 is 0 Å². The summed E-state index contributed by atoms with van der Waals surface area (Å²) in [7, 11) is 0. The second-order valence-electron chi connectivity index (χ2n) is 4.25. The number of nitrogens with zero attached hydrogens (tertiary/aromatic N) is 1. The van der Waals surface area contributed by atoms with Crippen LogP contribution in [0.1, 0.15) is 49.2 Å². The first-order chi connectivity index (χ1) is 6.25. The second-order valence-corrected chi connectivity index (χ2v) is 5.31. The maximum atomic E-state index is 4.58. The summed E-state index contributed by atoms with van der Waals surface area (Å²) in [5.41, 5.74) is 1.36. The van der Waals surface area contributed by atoms with E-state index in [-0.39, 0.29) is 0 Å². The second kappa shape index (κ2) is 3.79. The summed E-state index contributed by atoms with van der Waals surface area (Å²) in [6, 6.07) is 0. The van der Waals surface area contributed by atoms with Gasteiger partial charge in [0.1, 0.15) is 0 Å². The zero-order valence-electron chi connectivity index (χ0n) is 8.42. The fourth-order valence-corrected chi connectivity index (χ4v) is 2.82. The summed E-state index contributed by atoms with van der Waals surface area (Å²) in [6.07, 6.45) is 5.48. The van der Waals surface area contributed by atoms with Gasteiger partial charge in [0.25, 0.3) is 0 Å². The molecule has 0 unspecified atom stereocenters. The molecule has 0 aliphatic heterocycles. The molecule has 1 aliphatic rings. The van der Waals surface area contributed by atoms with E-state index in [9.17, 15) is 0 Å². The van der Waals surface area contributed by atoms with Crippen LogP contribution >= 0.6 is 11.3 Å². The monoisotopic (exact) mass is 195 g/mol. The summed E-state index contributed by atoms with van der Waals surface area (Å²) in [5, 5.41) is 3.46. The molecule has 0 atom stereocenters. The smallest absolute Gasteiger partial charge is 0.0897 e. The van der Waals surface area contributed by atoms with Gasteiger partial charge in [-0.25, -0.2) is 4.98 Å². The third-order valence-electron chi connectivity index (χ3n) is 3.07. The third kappa shape index (κ3) is 2.11. The van der Waals surface area contributed by atoms with E-state index in [1.54, 1.807) is 11.3 Å². The standard InChI is InChI=1S/C11H17NS/c1-8-3-5-10(6-4-8)11-7-13-9(2)12-11/h7-8,10H,3-6H2,1-2H3/t8-,10+. The van der Waals surface area contributed by atoms with Gasteiger partial charge in [-0.2, -0.15) is 0 Å². The Morgan fingerprint density at radius 1 is 1.31 bits per heavy atom. The van der Waals surface area contributed by atoms with E-state index in [4.69, 9.17) is 0 Å². The summed E-state index contributed by atoms with van der Waals surface area (Å²) >= 11 is 1.79. The van der Waals surface area contributed by atoms with Crippen molar-refractivity contribution in [1.29, 1.82) is 0 Å². The molecule has 0 N–H and O–H groups in total. The minimum atomic E-state index is 0.765. The lowest BCUT2D eigenvalue weighted by Gasteiger charge is -2.24. The largest absolute Gasteiger partial charge is 0.246 e. The van der Waals surface area contributed by atoms with E-state index in [0.29, 0.717) is 0 Å². The molecule has 1 heterocycles. The number of hydrogen-bond acceptors (Lipinski definition) is 2. The number of aromatic nitrogens is 1. The number of thiazole rings is 1. The van der Waals surface area contributed by atoms with Gasteiger partial charge in [-0.05, 0) is 25.7 Å². The van der Waals surface area contributed by atoms with Crippen LogP contribution in [0.2, 0.25) is 0 Å². The first-order valence-electron chi connectivity index (χ1n) is 5.17. The average Bonchev–Trinajstić information content (AvgIpc) is 2.53. The fraction of sp³-hybridized carbons (Fsp3) is 0.727. The van der Waals surface area contributed by atoms with Crippen molar-refractivity contribution in [2.75, 3.05) is 0 Å². The van der Waals surface area contributed by atoms with Crippen LogP contribution in [-0.4, -0.2) is 4.98 Å². The third-order valence-corrected chi connectivity index (χ3v) is 3.86. The number of hydrogen-bond donors (Lipinski definition) is 0. The highest BCUT2D eigenvalue weighted by molar-refractivity contribution is 7.09. The molecule has 2 rings (SSSR count). The quantitative estimate of drug-likeness (QED) is 0.665. The average molecular weight is 195 g/mol. The molecule has 0 saturated heterocycles. The maximum absolute atomic E-state index is 4.58. The predicted octanol–water partition coefficient (Wildman–Crippen LogP) is 3.75. The lowest BCUT2D eigenvalue weighted by molar-refractivity contribution is 0.344. The van der Waals surface area contributed by atoms with Gasteiger partial charge in [0.15, 0.2) is 0 Å². The normalized spacial score (nSPS) is 29.1. The van der Waals surface area contributed by atoms with Crippen molar-refractivity contribution >= 4 is 11.3 Å². The molecule has 1 aromatic rings. The lowest BCUT2D eigenvalue weighted by atomic mass is 9.82. The Morgan fingerprint density at radius 3 is 2.54 bits per heavy atom. The van der Waals surface area contributed by atoms with Gasteiger partial charge in [-0.15, -0.1) is 11.3 Å². The van der Waals surface area contributed by atoms with Gasteiger partial charge >= 0.3 is 0 Å². The highest BCUT2D eigenvalue weighted by Gasteiger charge is 2.21. The van der Waals surface area contributed by atoms with Gasteiger partial charge in [0.05, 0.1) is 10.7 Å². The van der Waals surface area contributed by atoms with Crippen molar-refractivity contribution in [3.8, 4) is 0 Å². The summed E-state index contributed by atoms with van der Waals surface area (Å²) < 4.78 is 0. The molecule has 13 heavy (non-hydrogen) atoms. The summed E-state index contributed by atoms with van der Waals surface area (Å²) in [5.74, 6) is 1.71. The van der Waals surface area contributed by atoms with E-state index in [2.05, 4.69) is 24.2 Å². The van der Waals surface area contributed by atoms with Gasteiger partial charge in [0.2, 0.25) is 0 Å². The first-order valence-corrected chi connectivity index (χ1v) is 6.05. The molecule has 1 fully saturated rings. The molecule has 72 valence electrons. The lowest BCUT2D eigenvalue weighted by Crippen LogP contribution is -2.10. The van der Waals surface area contributed by atoms with Crippen molar-refractivity contribution < 1.29 is 0 Å².